The minimum atomic E-state index is -0.463. The van der Waals surface area contributed by atoms with Crippen molar-refractivity contribution in [1.29, 1.82) is 0 Å². The SMILES string of the molecule is CN1CC(=Cc2cccs2)C(O)C(=Cc2cccs2)C1. The molecule has 2 aromatic heterocycles. The Kier molecular flexibility index (Phi) is 4.17. The Morgan fingerprint density at radius 1 is 1.05 bits per heavy atom. The lowest BCUT2D eigenvalue weighted by atomic mass is 9.95. The molecule has 1 aliphatic rings. The smallest absolute Gasteiger partial charge is 0.0992 e. The number of rotatable bonds is 2. The maximum atomic E-state index is 10.6. The first kappa shape index (κ1) is 13.8. The summed E-state index contributed by atoms with van der Waals surface area (Å²) in [5.74, 6) is 0. The molecule has 1 aliphatic heterocycles. The third kappa shape index (κ3) is 3.10. The van der Waals surface area contributed by atoms with E-state index in [-0.39, 0.29) is 0 Å². The maximum absolute atomic E-state index is 10.6. The average molecular weight is 303 g/mol. The lowest BCUT2D eigenvalue weighted by Gasteiger charge is -2.31. The van der Waals surface area contributed by atoms with Gasteiger partial charge in [-0.25, -0.2) is 0 Å². The second-order valence-corrected chi connectivity index (χ2v) is 7.00. The van der Waals surface area contributed by atoms with Crippen LogP contribution < -0.4 is 0 Å². The Labute approximate surface area is 127 Å². The zero-order chi connectivity index (χ0) is 13.9. The largest absolute Gasteiger partial charge is 0.384 e. The monoisotopic (exact) mass is 303 g/mol. The predicted octanol–water partition coefficient (Wildman–Crippen LogP) is 3.58. The summed E-state index contributed by atoms with van der Waals surface area (Å²) < 4.78 is 0. The third-order valence-corrected chi connectivity index (χ3v) is 4.99. The number of hydrogen-bond acceptors (Lipinski definition) is 4. The zero-order valence-electron chi connectivity index (χ0n) is 11.3. The lowest BCUT2D eigenvalue weighted by molar-refractivity contribution is 0.198. The van der Waals surface area contributed by atoms with Gasteiger partial charge in [-0.1, -0.05) is 12.1 Å². The molecule has 20 heavy (non-hydrogen) atoms. The van der Waals surface area contributed by atoms with Crippen LogP contribution in [0.3, 0.4) is 0 Å². The van der Waals surface area contributed by atoms with Crippen molar-refractivity contribution in [3.05, 3.63) is 55.9 Å². The van der Waals surface area contributed by atoms with E-state index in [0.29, 0.717) is 0 Å². The van der Waals surface area contributed by atoms with Gasteiger partial charge in [-0.15, -0.1) is 22.7 Å². The molecule has 0 aromatic carbocycles. The van der Waals surface area contributed by atoms with Crippen LogP contribution in [0.15, 0.2) is 46.2 Å². The van der Waals surface area contributed by atoms with E-state index >= 15 is 0 Å². The highest BCUT2D eigenvalue weighted by Crippen LogP contribution is 2.26. The molecule has 0 aliphatic carbocycles. The standard InChI is InChI=1S/C16H17NOS2/c1-17-10-12(8-14-4-2-6-19-14)16(18)13(11-17)9-15-5-3-7-20-15/h2-9,16,18H,10-11H2,1H3. The van der Waals surface area contributed by atoms with E-state index in [1.165, 1.54) is 9.75 Å². The van der Waals surface area contributed by atoms with Crippen LogP contribution in [0.25, 0.3) is 12.2 Å². The van der Waals surface area contributed by atoms with Crippen LogP contribution in [0.4, 0.5) is 0 Å². The fraction of sp³-hybridized carbons (Fsp3) is 0.250. The summed E-state index contributed by atoms with van der Waals surface area (Å²) in [5.41, 5.74) is 2.15. The van der Waals surface area contributed by atoms with Gasteiger partial charge in [-0.2, -0.15) is 0 Å². The molecule has 2 nitrogen and oxygen atoms in total. The Morgan fingerprint density at radius 2 is 1.55 bits per heavy atom. The topological polar surface area (TPSA) is 23.5 Å². The molecule has 1 fully saturated rings. The molecule has 1 N–H and O–H groups in total. The van der Waals surface area contributed by atoms with Gasteiger partial charge in [0.15, 0.2) is 0 Å². The molecule has 0 spiro atoms. The summed E-state index contributed by atoms with van der Waals surface area (Å²) in [5, 5.41) is 14.7. The fourth-order valence-electron chi connectivity index (χ4n) is 2.45. The van der Waals surface area contributed by atoms with E-state index in [0.717, 1.165) is 24.2 Å². The molecule has 0 amide bonds. The Bertz CT molecular complexity index is 557. The molecule has 0 bridgehead atoms. The number of likely N-dealkylation sites (tertiary alicyclic amines) is 1. The molecule has 3 heterocycles. The molecule has 104 valence electrons. The van der Waals surface area contributed by atoms with Crippen LogP contribution >= 0.6 is 22.7 Å². The average Bonchev–Trinajstić information content (AvgIpc) is 3.08. The molecule has 0 saturated carbocycles. The van der Waals surface area contributed by atoms with E-state index in [2.05, 4.69) is 47.0 Å². The Morgan fingerprint density at radius 3 is 1.95 bits per heavy atom. The summed E-state index contributed by atoms with van der Waals surface area (Å²) in [4.78, 5) is 4.64. The van der Waals surface area contributed by atoms with Crippen molar-refractivity contribution in [2.75, 3.05) is 20.1 Å². The molecule has 0 unspecified atom stereocenters. The summed E-state index contributed by atoms with van der Waals surface area (Å²) in [7, 11) is 2.09. The predicted molar refractivity (Wildman–Crippen MR) is 88.1 cm³/mol. The van der Waals surface area contributed by atoms with E-state index in [1.54, 1.807) is 22.7 Å². The van der Waals surface area contributed by atoms with Gasteiger partial charge in [0, 0.05) is 22.8 Å². The van der Waals surface area contributed by atoms with E-state index in [9.17, 15) is 5.11 Å². The summed E-state index contributed by atoms with van der Waals surface area (Å²) in [6.45, 7) is 1.64. The first-order valence-electron chi connectivity index (χ1n) is 6.57. The molecule has 2 aromatic rings. The van der Waals surface area contributed by atoms with Crippen molar-refractivity contribution in [2.45, 2.75) is 6.10 Å². The Balaban J connectivity index is 1.90. The van der Waals surface area contributed by atoms with Gasteiger partial charge in [0.2, 0.25) is 0 Å². The van der Waals surface area contributed by atoms with Gasteiger partial charge in [0.1, 0.15) is 0 Å². The van der Waals surface area contributed by atoms with Crippen molar-refractivity contribution >= 4 is 34.8 Å². The molecule has 3 rings (SSSR count). The second-order valence-electron chi connectivity index (χ2n) is 5.04. The maximum Gasteiger partial charge on any atom is 0.0992 e. The third-order valence-electron chi connectivity index (χ3n) is 3.35. The van der Waals surface area contributed by atoms with Gasteiger partial charge < -0.3 is 5.11 Å². The number of hydrogen-bond donors (Lipinski definition) is 1. The first-order chi connectivity index (χ1) is 9.72. The van der Waals surface area contributed by atoms with E-state index in [4.69, 9.17) is 0 Å². The van der Waals surface area contributed by atoms with Gasteiger partial charge in [0.25, 0.3) is 0 Å². The molecule has 0 radical (unpaired) electrons. The second kappa shape index (κ2) is 6.06. The van der Waals surface area contributed by atoms with Crippen molar-refractivity contribution < 1.29 is 5.11 Å². The molecule has 4 heteroatoms. The highest BCUT2D eigenvalue weighted by atomic mass is 32.1. The van der Waals surface area contributed by atoms with E-state index < -0.39 is 6.10 Å². The number of piperidine rings is 1. The first-order valence-corrected chi connectivity index (χ1v) is 8.33. The van der Waals surface area contributed by atoms with Gasteiger partial charge in [-0.05, 0) is 53.2 Å². The van der Waals surface area contributed by atoms with Gasteiger partial charge >= 0.3 is 0 Å². The van der Waals surface area contributed by atoms with E-state index in [1.807, 2.05) is 12.1 Å². The van der Waals surface area contributed by atoms with Crippen LogP contribution in [0, 0.1) is 0 Å². The molecule has 1 saturated heterocycles. The van der Waals surface area contributed by atoms with Crippen LogP contribution in [0.1, 0.15) is 9.75 Å². The number of thiophene rings is 2. The van der Waals surface area contributed by atoms with Crippen LogP contribution in [0.5, 0.6) is 0 Å². The summed E-state index contributed by atoms with van der Waals surface area (Å²) >= 11 is 3.41. The number of aliphatic hydroxyl groups excluding tert-OH is 1. The molecule has 0 atom stereocenters. The van der Waals surface area contributed by atoms with Gasteiger partial charge in [-0.3, -0.25) is 4.90 Å². The van der Waals surface area contributed by atoms with Crippen LogP contribution in [-0.4, -0.2) is 36.2 Å². The zero-order valence-corrected chi connectivity index (χ0v) is 13.0. The fourth-order valence-corrected chi connectivity index (χ4v) is 3.83. The van der Waals surface area contributed by atoms with Crippen molar-refractivity contribution in [2.24, 2.45) is 0 Å². The quantitative estimate of drug-likeness (QED) is 0.916. The number of likely N-dealkylation sites (N-methyl/N-ethyl adjacent to an activating group) is 1. The highest BCUT2D eigenvalue weighted by molar-refractivity contribution is 7.11. The van der Waals surface area contributed by atoms with Gasteiger partial charge in [0.05, 0.1) is 6.10 Å². The summed E-state index contributed by atoms with van der Waals surface area (Å²) in [6.07, 6.45) is 3.77. The lowest BCUT2D eigenvalue weighted by Crippen LogP contribution is -2.37. The Hall–Kier alpha value is -1.20. The minimum Gasteiger partial charge on any atom is -0.384 e. The number of aliphatic hydroxyl groups is 1. The minimum absolute atomic E-state index is 0.463. The van der Waals surface area contributed by atoms with Crippen molar-refractivity contribution in [3.63, 3.8) is 0 Å². The molecular formula is C16H17NOS2. The molecular weight excluding hydrogens is 286 g/mol. The normalized spacial score (nSPS) is 24.6. The number of nitrogens with zero attached hydrogens (tertiary/aromatic N) is 1. The summed E-state index contributed by atoms with van der Waals surface area (Å²) in [6, 6.07) is 8.25. The van der Waals surface area contributed by atoms with Crippen LogP contribution in [-0.2, 0) is 0 Å². The van der Waals surface area contributed by atoms with Crippen molar-refractivity contribution in [3.8, 4) is 0 Å². The van der Waals surface area contributed by atoms with Crippen LogP contribution in [0.2, 0.25) is 0 Å². The highest BCUT2D eigenvalue weighted by Gasteiger charge is 2.24. The van der Waals surface area contributed by atoms with Crippen molar-refractivity contribution in [1.82, 2.24) is 4.90 Å².